The third kappa shape index (κ3) is 8.18. The first-order valence-corrected chi connectivity index (χ1v) is 35.1. The van der Waals surface area contributed by atoms with Crippen LogP contribution in [0.1, 0.15) is 90.2 Å². The average Bonchev–Trinajstić information content (AvgIpc) is 1.50. The van der Waals surface area contributed by atoms with Crippen LogP contribution in [0.15, 0.2) is 291 Å². The van der Waals surface area contributed by atoms with E-state index in [1.54, 1.807) is 0 Å². The molecule has 462 valence electrons. The maximum absolute atomic E-state index is 2.69. The number of para-hydroxylation sites is 2. The molecule has 0 N–H and O–H groups in total. The third-order valence-electron chi connectivity index (χ3n) is 24.6. The summed E-state index contributed by atoms with van der Waals surface area (Å²) in [5, 5.41) is 15.0. The van der Waals surface area contributed by atoms with Gasteiger partial charge in [0, 0.05) is 33.6 Å². The van der Waals surface area contributed by atoms with Gasteiger partial charge in [0.25, 0.3) is 0 Å². The van der Waals surface area contributed by atoms with E-state index in [1.165, 1.54) is 217 Å². The molecule has 0 saturated heterocycles. The van der Waals surface area contributed by atoms with Gasteiger partial charge in [-0.2, -0.15) is 0 Å². The molecule has 19 rings (SSSR count). The largest absolute Gasteiger partial charge is 0.334 e. The first-order chi connectivity index (χ1) is 47.1. The van der Waals surface area contributed by atoms with E-state index >= 15 is 0 Å². The molecule has 0 radical (unpaired) electrons. The second-order valence-electron chi connectivity index (χ2n) is 29.2. The highest BCUT2D eigenvalue weighted by molar-refractivity contribution is 6.27. The standard InChI is InChI=1S/C94H76N2/c1-91-53-15-17-55-93(91,3)95(67-29-7-5-8-30-67)87-51-47-65(59-85(87)91)73-37-23-39-75-71(35-21-41-77(73)75)63-45-49-81-83(57-63)89(79-43-19-27-61-25-11-13-33-69(61)79)82-50-46-64(58-84(82)90(81)80-44-20-28-62-26-12-14-34-70(62)80)72-36-22-42-78-74(38-24-40-76(72)78)66-48-52-88-86(60-66)92(2)54-16-18-56-94(92,4)96(88)68-31-9-6-10-32-68/h5-14,19-52,57-60H,15-18,53-56H2,1-4H3. The molecule has 2 heterocycles. The molecule has 4 atom stereocenters. The van der Waals surface area contributed by atoms with Crippen LogP contribution in [0.2, 0.25) is 0 Å². The Bertz CT molecular complexity index is 5340. The number of hydrogen-bond donors (Lipinski definition) is 0. The monoisotopic (exact) mass is 1230 g/mol. The second-order valence-corrected chi connectivity index (χ2v) is 29.2. The highest BCUT2D eigenvalue weighted by Gasteiger charge is 2.59. The number of anilines is 4. The van der Waals surface area contributed by atoms with Crippen molar-refractivity contribution in [3.05, 3.63) is 302 Å². The molecular formula is C94H76N2. The number of hydrogen-bond acceptors (Lipinski definition) is 2. The molecule has 4 unspecified atom stereocenters. The van der Waals surface area contributed by atoms with Gasteiger partial charge in [-0.1, -0.05) is 270 Å². The van der Waals surface area contributed by atoms with Crippen molar-refractivity contribution < 1.29 is 0 Å². The average molecular weight is 1230 g/mol. The first kappa shape index (κ1) is 57.0. The van der Waals surface area contributed by atoms with E-state index in [2.05, 4.69) is 329 Å². The van der Waals surface area contributed by atoms with Crippen LogP contribution in [0, 0.1) is 0 Å². The number of nitrogens with zero attached hydrogens (tertiary/aromatic N) is 2. The van der Waals surface area contributed by atoms with Gasteiger partial charge in [0.1, 0.15) is 0 Å². The normalized spacial score (nSPS) is 20.5. The van der Waals surface area contributed by atoms with Crippen molar-refractivity contribution in [1.82, 2.24) is 0 Å². The minimum absolute atomic E-state index is 0.0128. The molecule has 15 aromatic rings. The predicted octanol–water partition coefficient (Wildman–Crippen LogP) is 26.1. The summed E-state index contributed by atoms with van der Waals surface area (Å²) in [7, 11) is 0. The zero-order valence-electron chi connectivity index (χ0n) is 55.3. The summed E-state index contributed by atoms with van der Waals surface area (Å²) in [5.41, 5.74) is 23.2. The quantitative estimate of drug-likeness (QED) is 0.140. The highest BCUT2D eigenvalue weighted by Crippen LogP contribution is 2.63. The molecule has 2 aliphatic heterocycles. The Hall–Kier alpha value is -10.5. The van der Waals surface area contributed by atoms with Crippen LogP contribution in [0.4, 0.5) is 22.7 Å². The summed E-state index contributed by atoms with van der Waals surface area (Å²) in [6, 6.07) is 112. The molecule has 2 fully saturated rings. The smallest absolute Gasteiger partial charge is 0.0517 e. The molecule has 2 saturated carbocycles. The summed E-state index contributed by atoms with van der Waals surface area (Å²) in [6.45, 7) is 10.2. The molecule has 96 heavy (non-hydrogen) atoms. The molecule has 2 nitrogen and oxygen atoms in total. The van der Waals surface area contributed by atoms with Gasteiger partial charge in [-0.3, -0.25) is 0 Å². The van der Waals surface area contributed by atoms with Crippen LogP contribution < -0.4 is 9.80 Å². The van der Waals surface area contributed by atoms with Crippen LogP contribution in [0.3, 0.4) is 0 Å². The van der Waals surface area contributed by atoms with Crippen molar-refractivity contribution in [3.63, 3.8) is 0 Å². The van der Waals surface area contributed by atoms with Crippen molar-refractivity contribution in [2.24, 2.45) is 0 Å². The van der Waals surface area contributed by atoms with Gasteiger partial charge in [-0.05, 0) is 243 Å². The van der Waals surface area contributed by atoms with Crippen molar-refractivity contribution >= 4 is 87.4 Å². The van der Waals surface area contributed by atoms with Crippen LogP contribution in [0.5, 0.6) is 0 Å². The highest BCUT2D eigenvalue weighted by atomic mass is 15.3. The van der Waals surface area contributed by atoms with Gasteiger partial charge >= 0.3 is 0 Å². The zero-order chi connectivity index (χ0) is 64.1. The lowest BCUT2D eigenvalue weighted by atomic mass is 9.61. The SMILES string of the molecule is CC12CCCCC1(C)N(c1ccccc1)c1ccc(-c3cccc4c(-c5ccc6c(-c7cccc8ccccc78)c7cc(-c8cccc9c(-c%10ccc%11c(c%10)C%10(C)CCCCC%10(C)N%11c%10ccccc%10)cccc89)ccc7c(-c7cccc8ccccc78)c6c5)cccc34)cc12. The molecule has 0 aromatic heterocycles. The summed E-state index contributed by atoms with van der Waals surface area (Å²) < 4.78 is 0. The fourth-order valence-electron chi connectivity index (χ4n) is 19.4. The van der Waals surface area contributed by atoms with Crippen LogP contribution in [-0.2, 0) is 10.8 Å². The maximum Gasteiger partial charge on any atom is 0.0517 e. The second kappa shape index (κ2) is 21.5. The first-order valence-electron chi connectivity index (χ1n) is 35.1. The molecule has 0 spiro atoms. The number of benzene rings is 15. The number of rotatable bonds is 8. The van der Waals surface area contributed by atoms with Crippen molar-refractivity contribution in [2.75, 3.05) is 9.80 Å². The van der Waals surface area contributed by atoms with Gasteiger partial charge in [0.2, 0.25) is 0 Å². The summed E-state index contributed by atoms with van der Waals surface area (Å²) >= 11 is 0. The lowest BCUT2D eigenvalue weighted by Gasteiger charge is -2.50. The zero-order valence-corrected chi connectivity index (χ0v) is 55.3. The minimum Gasteiger partial charge on any atom is -0.334 e. The van der Waals surface area contributed by atoms with E-state index in [1.807, 2.05) is 0 Å². The van der Waals surface area contributed by atoms with E-state index in [0.717, 1.165) is 0 Å². The molecule has 2 aliphatic carbocycles. The summed E-state index contributed by atoms with van der Waals surface area (Å²) in [4.78, 5) is 5.37. The molecule has 2 heteroatoms. The van der Waals surface area contributed by atoms with Gasteiger partial charge in [-0.15, -0.1) is 0 Å². The molecule has 15 aromatic carbocycles. The lowest BCUT2D eigenvalue weighted by molar-refractivity contribution is 0.195. The van der Waals surface area contributed by atoms with Crippen molar-refractivity contribution in [3.8, 4) is 66.8 Å². The molecule has 0 amide bonds. The maximum atomic E-state index is 2.69. The van der Waals surface area contributed by atoms with Gasteiger partial charge in [0.05, 0.1) is 11.1 Å². The van der Waals surface area contributed by atoms with E-state index in [0.29, 0.717) is 0 Å². The predicted molar refractivity (Wildman–Crippen MR) is 410 cm³/mol. The fourth-order valence-corrected chi connectivity index (χ4v) is 19.4. The van der Waals surface area contributed by atoms with Crippen molar-refractivity contribution in [1.29, 1.82) is 0 Å². The van der Waals surface area contributed by atoms with Crippen LogP contribution in [-0.4, -0.2) is 11.1 Å². The van der Waals surface area contributed by atoms with Gasteiger partial charge in [-0.25, -0.2) is 0 Å². The van der Waals surface area contributed by atoms with E-state index in [9.17, 15) is 0 Å². The molecule has 0 bridgehead atoms. The van der Waals surface area contributed by atoms with Gasteiger partial charge < -0.3 is 9.80 Å². The Morgan fingerprint density at radius 1 is 0.240 bits per heavy atom. The summed E-state index contributed by atoms with van der Waals surface area (Å²) in [5.74, 6) is 0. The van der Waals surface area contributed by atoms with Gasteiger partial charge in [0.15, 0.2) is 0 Å². The third-order valence-corrected chi connectivity index (χ3v) is 24.6. The fraction of sp³-hybridized carbons (Fsp3) is 0.170. The minimum atomic E-state index is -0.0170. The van der Waals surface area contributed by atoms with E-state index in [-0.39, 0.29) is 21.9 Å². The van der Waals surface area contributed by atoms with E-state index in [4.69, 9.17) is 0 Å². The Morgan fingerprint density at radius 3 is 0.958 bits per heavy atom. The van der Waals surface area contributed by atoms with Crippen molar-refractivity contribution in [2.45, 2.75) is 101 Å². The Morgan fingerprint density at radius 2 is 0.552 bits per heavy atom. The molecular weight excluding hydrogens is 1160 g/mol. The Labute approximate surface area is 563 Å². The Balaban J connectivity index is 0.802. The Kier molecular flexibility index (Phi) is 12.7. The molecule has 4 aliphatic rings. The lowest BCUT2D eigenvalue weighted by Crippen LogP contribution is -2.54. The van der Waals surface area contributed by atoms with E-state index < -0.39 is 0 Å². The number of fused-ring (bicyclic) bond motifs is 12. The van der Waals surface area contributed by atoms with Crippen LogP contribution >= 0.6 is 0 Å². The summed E-state index contributed by atoms with van der Waals surface area (Å²) in [6.07, 6.45) is 9.72. The van der Waals surface area contributed by atoms with Crippen LogP contribution in [0.25, 0.3) is 131 Å². The topological polar surface area (TPSA) is 6.48 Å².